The van der Waals surface area contributed by atoms with Crippen LogP contribution in [0.5, 0.6) is 0 Å². The van der Waals surface area contributed by atoms with Crippen molar-refractivity contribution in [2.75, 3.05) is 10.6 Å². The first-order valence-corrected chi connectivity index (χ1v) is 8.49. The number of aryl methyl sites for hydroxylation is 3. The van der Waals surface area contributed by atoms with Crippen molar-refractivity contribution >= 4 is 39.9 Å². The molecule has 2 N–H and O–H groups in total. The van der Waals surface area contributed by atoms with Gasteiger partial charge in [0.15, 0.2) is 0 Å². The smallest absolute Gasteiger partial charge is 0.267 e. The molecule has 2 aromatic rings. The van der Waals surface area contributed by atoms with E-state index in [2.05, 4.69) is 39.3 Å². The Morgan fingerprint density at radius 1 is 1.12 bits per heavy atom. The minimum atomic E-state index is -0.432. The molecule has 2 rings (SSSR count). The van der Waals surface area contributed by atoms with Gasteiger partial charge in [-0.3, -0.25) is 4.79 Å². The lowest BCUT2D eigenvalue weighted by atomic mass is 10.1. The highest BCUT2D eigenvalue weighted by atomic mass is 127. The van der Waals surface area contributed by atoms with Crippen molar-refractivity contribution in [2.24, 2.45) is 0 Å². The number of nitrogens with zero attached hydrogens (tertiary/aromatic N) is 1. The molecule has 0 saturated carbocycles. The predicted octanol–water partition coefficient (Wildman–Crippen LogP) is 4.67. The third kappa shape index (κ3) is 4.83. The van der Waals surface area contributed by atoms with Gasteiger partial charge in [0.25, 0.3) is 5.91 Å². The van der Waals surface area contributed by atoms with E-state index in [0.717, 1.165) is 25.9 Å². The van der Waals surface area contributed by atoms with E-state index < -0.39 is 5.91 Å². The zero-order valence-corrected chi connectivity index (χ0v) is 15.9. The summed E-state index contributed by atoms with van der Waals surface area (Å²) >= 11 is 2.22. The summed E-state index contributed by atoms with van der Waals surface area (Å²) in [5, 5.41) is 15.1. The molecule has 0 radical (unpaired) electrons. The lowest BCUT2D eigenvalue weighted by Crippen LogP contribution is -2.15. The normalized spacial score (nSPS) is 10.9. The van der Waals surface area contributed by atoms with E-state index >= 15 is 0 Å². The number of nitrogens with one attached hydrogen (secondary N) is 2. The van der Waals surface area contributed by atoms with Crippen LogP contribution in [-0.2, 0) is 4.79 Å². The first-order valence-electron chi connectivity index (χ1n) is 7.41. The van der Waals surface area contributed by atoms with Gasteiger partial charge in [-0.05, 0) is 90.4 Å². The van der Waals surface area contributed by atoms with Gasteiger partial charge in [-0.25, -0.2) is 0 Å². The number of rotatable bonds is 4. The van der Waals surface area contributed by atoms with Gasteiger partial charge in [-0.15, -0.1) is 0 Å². The molecular formula is C19H18IN3O. The molecule has 0 aliphatic carbocycles. The summed E-state index contributed by atoms with van der Waals surface area (Å²) in [4.78, 5) is 12.3. The Balaban J connectivity index is 2.15. The monoisotopic (exact) mass is 431 g/mol. The molecule has 4 nitrogen and oxygen atoms in total. The van der Waals surface area contributed by atoms with Crippen LogP contribution in [0, 0.1) is 35.7 Å². The van der Waals surface area contributed by atoms with Gasteiger partial charge in [0.2, 0.25) is 0 Å². The SMILES string of the molecule is Cc1cc(C)cc(N/C=C(/C#N)C(=O)Nc2ccc(I)cc2C)c1. The summed E-state index contributed by atoms with van der Waals surface area (Å²) in [5.74, 6) is -0.432. The fourth-order valence-electron chi connectivity index (χ4n) is 2.32. The molecule has 0 unspecified atom stereocenters. The van der Waals surface area contributed by atoms with E-state index in [1.165, 1.54) is 6.20 Å². The average Bonchev–Trinajstić information content (AvgIpc) is 2.50. The Bertz CT molecular complexity index is 830. The van der Waals surface area contributed by atoms with Crippen molar-refractivity contribution in [3.63, 3.8) is 0 Å². The van der Waals surface area contributed by atoms with Crippen molar-refractivity contribution in [1.29, 1.82) is 5.26 Å². The molecule has 0 bridgehead atoms. The van der Waals surface area contributed by atoms with Gasteiger partial charge in [0.1, 0.15) is 11.6 Å². The lowest BCUT2D eigenvalue weighted by molar-refractivity contribution is -0.112. The number of amides is 1. The Morgan fingerprint density at radius 3 is 2.38 bits per heavy atom. The van der Waals surface area contributed by atoms with Crippen LogP contribution in [-0.4, -0.2) is 5.91 Å². The van der Waals surface area contributed by atoms with Gasteiger partial charge >= 0.3 is 0 Å². The summed E-state index contributed by atoms with van der Waals surface area (Å²) in [6, 6.07) is 13.6. The molecule has 0 aromatic heterocycles. The van der Waals surface area contributed by atoms with Crippen LogP contribution in [0.3, 0.4) is 0 Å². The first kappa shape index (κ1) is 18.0. The van der Waals surface area contributed by atoms with Gasteiger partial charge in [0, 0.05) is 21.1 Å². The average molecular weight is 431 g/mol. The molecule has 0 saturated heterocycles. The second kappa shape index (κ2) is 7.97. The number of hydrogen-bond donors (Lipinski definition) is 2. The van der Waals surface area contributed by atoms with Crippen molar-refractivity contribution < 1.29 is 4.79 Å². The number of halogens is 1. The highest BCUT2D eigenvalue weighted by Crippen LogP contribution is 2.19. The van der Waals surface area contributed by atoms with E-state index in [-0.39, 0.29) is 5.57 Å². The van der Waals surface area contributed by atoms with Gasteiger partial charge < -0.3 is 10.6 Å². The molecule has 122 valence electrons. The van der Waals surface area contributed by atoms with Crippen LogP contribution < -0.4 is 10.6 Å². The first-order chi connectivity index (χ1) is 11.4. The minimum Gasteiger partial charge on any atom is -0.360 e. The van der Waals surface area contributed by atoms with Crippen LogP contribution in [0.2, 0.25) is 0 Å². The molecule has 24 heavy (non-hydrogen) atoms. The highest BCUT2D eigenvalue weighted by molar-refractivity contribution is 14.1. The van der Waals surface area contributed by atoms with Gasteiger partial charge in [0.05, 0.1) is 0 Å². The number of hydrogen-bond acceptors (Lipinski definition) is 3. The van der Waals surface area contributed by atoms with E-state index in [9.17, 15) is 10.1 Å². The maximum Gasteiger partial charge on any atom is 0.267 e. The molecule has 0 fully saturated rings. The Hall–Kier alpha value is -2.33. The van der Waals surface area contributed by atoms with Crippen molar-refractivity contribution in [1.82, 2.24) is 0 Å². The van der Waals surface area contributed by atoms with Crippen molar-refractivity contribution in [3.8, 4) is 6.07 Å². The number of carbonyl (C=O) groups excluding carboxylic acids is 1. The molecule has 0 aliphatic heterocycles. The third-order valence-electron chi connectivity index (χ3n) is 3.41. The molecule has 0 spiro atoms. The zero-order chi connectivity index (χ0) is 17.7. The van der Waals surface area contributed by atoms with Crippen molar-refractivity contribution in [2.45, 2.75) is 20.8 Å². The zero-order valence-electron chi connectivity index (χ0n) is 13.8. The quantitative estimate of drug-likeness (QED) is 0.420. The number of carbonyl (C=O) groups is 1. The van der Waals surface area contributed by atoms with Crippen LogP contribution >= 0.6 is 22.6 Å². The summed E-state index contributed by atoms with van der Waals surface area (Å²) in [6.45, 7) is 5.92. The van der Waals surface area contributed by atoms with Gasteiger partial charge in [-0.1, -0.05) is 6.07 Å². The molecule has 0 atom stereocenters. The van der Waals surface area contributed by atoms with Gasteiger partial charge in [-0.2, -0.15) is 5.26 Å². The number of benzene rings is 2. The van der Waals surface area contributed by atoms with Crippen LogP contribution in [0.25, 0.3) is 0 Å². The Morgan fingerprint density at radius 2 is 1.79 bits per heavy atom. The maximum absolute atomic E-state index is 12.3. The topological polar surface area (TPSA) is 64.9 Å². The lowest BCUT2D eigenvalue weighted by Gasteiger charge is -2.09. The summed E-state index contributed by atoms with van der Waals surface area (Å²) in [7, 11) is 0. The van der Waals surface area contributed by atoms with E-state index in [4.69, 9.17) is 0 Å². The van der Waals surface area contributed by atoms with Crippen LogP contribution in [0.4, 0.5) is 11.4 Å². The molecule has 0 heterocycles. The standard InChI is InChI=1S/C19H18IN3O/c1-12-6-13(2)8-17(7-12)22-11-15(10-21)19(24)23-18-5-4-16(20)9-14(18)3/h4-9,11,22H,1-3H3,(H,23,24)/b15-11-. The largest absolute Gasteiger partial charge is 0.360 e. The molecular weight excluding hydrogens is 413 g/mol. The molecule has 2 aromatic carbocycles. The molecule has 0 aliphatic rings. The minimum absolute atomic E-state index is 0.0205. The molecule has 5 heteroatoms. The summed E-state index contributed by atoms with van der Waals surface area (Å²) < 4.78 is 1.09. The fourth-order valence-corrected chi connectivity index (χ4v) is 2.97. The Kier molecular flexibility index (Phi) is 5.99. The second-order valence-corrected chi connectivity index (χ2v) is 6.85. The third-order valence-corrected chi connectivity index (χ3v) is 4.08. The van der Waals surface area contributed by atoms with Crippen molar-refractivity contribution in [3.05, 3.63) is 68.4 Å². The van der Waals surface area contributed by atoms with E-state index in [1.54, 1.807) is 0 Å². The second-order valence-electron chi connectivity index (χ2n) is 5.60. The summed E-state index contributed by atoms with van der Waals surface area (Å²) in [6.07, 6.45) is 1.44. The predicted molar refractivity (Wildman–Crippen MR) is 106 cm³/mol. The van der Waals surface area contributed by atoms with Crippen LogP contribution in [0.15, 0.2) is 48.2 Å². The highest BCUT2D eigenvalue weighted by Gasteiger charge is 2.11. The fraction of sp³-hybridized carbons (Fsp3) is 0.158. The number of nitriles is 1. The Labute approximate surface area is 155 Å². The van der Waals surface area contributed by atoms with E-state index in [0.29, 0.717) is 5.69 Å². The summed E-state index contributed by atoms with van der Waals surface area (Å²) in [5.41, 5.74) is 4.75. The molecule has 1 amide bonds. The van der Waals surface area contributed by atoms with Crippen LogP contribution in [0.1, 0.15) is 16.7 Å². The number of anilines is 2. The maximum atomic E-state index is 12.3. The van der Waals surface area contributed by atoms with E-state index in [1.807, 2.05) is 57.2 Å².